The molecule has 1 N–H and O–H groups in total. The van der Waals surface area contributed by atoms with Crippen molar-refractivity contribution >= 4 is 17.5 Å². The summed E-state index contributed by atoms with van der Waals surface area (Å²) in [5.41, 5.74) is 1.23. The molecule has 0 saturated carbocycles. The molecule has 1 aromatic heterocycles. The maximum atomic E-state index is 10.9. The zero-order chi connectivity index (χ0) is 16.3. The van der Waals surface area contributed by atoms with Crippen LogP contribution in [0.4, 0.5) is 0 Å². The third-order valence-electron chi connectivity index (χ3n) is 3.69. The van der Waals surface area contributed by atoms with Crippen molar-refractivity contribution in [3.05, 3.63) is 36.0 Å². The van der Waals surface area contributed by atoms with Gasteiger partial charge in [-0.25, -0.2) is 4.98 Å². The van der Waals surface area contributed by atoms with E-state index in [9.17, 15) is 4.79 Å². The van der Waals surface area contributed by atoms with Crippen LogP contribution < -0.4 is 10.1 Å². The molecule has 0 atom stereocenters. The highest BCUT2D eigenvalue weighted by Crippen LogP contribution is 2.15. The normalized spacial score (nSPS) is 15.7. The first-order valence-corrected chi connectivity index (χ1v) is 8.59. The minimum Gasteiger partial charge on any atom is -0.473 e. The largest absolute Gasteiger partial charge is 0.473 e. The zero-order valence-electron chi connectivity index (χ0n) is 13.3. The molecule has 126 valence electrons. The number of nitrogens with one attached hydrogen (secondary N) is 1. The molecule has 1 saturated heterocycles. The van der Waals surface area contributed by atoms with Crippen molar-refractivity contribution in [3.8, 4) is 5.88 Å². The van der Waals surface area contributed by atoms with Crippen LogP contribution in [-0.2, 0) is 11.3 Å². The molecule has 5 nitrogen and oxygen atoms in total. The maximum absolute atomic E-state index is 10.9. The summed E-state index contributed by atoms with van der Waals surface area (Å²) in [6.45, 7) is 4.19. The Balaban J connectivity index is 1.71. The van der Waals surface area contributed by atoms with Crippen molar-refractivity contribution in [3.63, 3.8) is 0 Å². The van der Waals surface area contributed by atoms with Crippen LogP contribution in [0.3, 0.4) is 0 Å². The highest BCUT2D eigenvalue weighted by Gasteiger charge is 2.10. The quantitative estimate of drug-likeness (QED) is 0.584. The van der Waals surface area contributed by atoms with Crippen molar-refractivity contribution in [2.75, 3.05) is 32.1 Å². The first kappa shape index (κ1) is 17.8. The van der Waals surface area contributed by atoms with Gasteiger partial charge in [0.1, 0.15) is 12.5 Å². The monoisotopic (exact) mass is 337 g/mol. The van der Waals surface area contributed by atoms with Gasteiger partial charge in [0.2, 0.25) is 11.8 Å². The summed E-state index contributed by atoms with van der Waals surface area (Å²) >= 11 is 5.38. The van der Waals surface area contributed by atoms with E-state index in [0.29, 0.717) is 19.0 Å². The predicted octanol–water partition coefficient (Wildman–Crippen LogP) is 2.36. The molecule has 6 heteroatoms. The summed E-state index contributed by atoms with van der Waals surface area (Å²) < 4.78 is 5.61. The van der Waals surface area contributed by atoms with Crippen molar-refractivity contribution < 1.29 is 9.53 Å². The average molecular weight is 338 g/mol. The minimum atomic E-state index is -0.177. The lowest BCUT2D eigenvalue weighted by Gasteiger charge is -2.26. The number of carbonyl (C=O) groups excluding carboxylic acids is 1. The molecule has 0 radical (unpaired) electrons. The van der Waals surface area contributed by atoms with Crippen LogP contribution in [0.5, 0.6) is 5.88 Å². The van der Waals surface area contributed by atoms with Crippen molar-refractivity contribution in [1.29, 1.82) is 0 Å². The van der Waals surface area contributed by atoms with Crippen LogP contribution >= 0.6 is 11.6 Å². The molecule has 1 fully saturated rings. The van der Waals surface area contributed by atoms with Crippen LogP contribution in [0.15, 0.2) is 30.5 Å². The Labute approximate surface area is 142 Å². The number of nitrogens with zero attached hydrogens (tertiary/aromatic N) is 2. The van der Waals surface area contributed by atoms with Crippen LogP contribution in [0.2, 0.25) is 0 Å². The number of piperidine rings is 1. The summed E-state index contributed by atoms with van der Waals surface area (Å²) in [4.78, 5) is 17.6. The van der Waals surface area contributed by atoms with Gasteiger partial charge in [-0.15, -0.1) is 11.6 Å². The molecule has 23 heavy (non-hydrogen) atoms. The number of rotatable bonds is 8. The number of carbonyl (C=O) groups is 1. The number of ether oxygens (including phenoxy) is 1. The molecule has 1 amide bonds. The van der Waals surface area contributed by atoms with E-state index >= 15 is 0 Å². The van der Waals surface area contributed by atoms with Gasteiger partial charge in [-0.1, -0.05) is 12.5 Å². The van der Waals surface area contributed by atoms with Crippen LogP contribution in [0.1, 0.15) is 24.8 Å². The molecule has 0 aliphatic carbocycles. The third-order valence-corrected chi connectivity index (χ3v) is 3.93. The third kappa shape index (κ3) is 7.01. The molecule has 0 unspecified atom stereocenters. The molecule has 2 heterocycles. The van der Waals surface area contributed by atoms with Gasteiger partial charge < -0.3 is 10.1 Å². The van der Waals surface area contributed by atoms with E-state index in [0.717, 1.165) is 6.54 Å². The Morgan fingerprint density at radius 2 is 2.17 bits per heavy atom. The van der Waals surface area contributed by atoms with Gasteiger partial charge in [0.25, 0.3) is 0 Å². The van der Waals surface area contributed by atoms with Crippen molar-refractivity contribution in [2.24, 2.45) is 0 Å². The van der Waals surface area contributed by atoms with E-state index in [-0.39, 0.29) is 11.8 Å². The summed E-state index contributed by atoms with van der Waals surface area (Å²) in [7, 11) is 0. The first-order valence-electron chi connectivity index (χ1n) is 8.05. The first-order chi connectivity index (χ1) is 11.3. The number of pyridine rings is 1. The summed E-state index contributed by atoms with van der Waals surface area (Å²) in [6.07, 6.45) is 9.41. The van der Waals surface area contributed by atoms with Crippen LogP contribution in [-0.4, -0.2) is 47.9 Å². The smallest absolute Gasteiger partial charge is 0.235 e. The number of aromatic nitrogens is 1. The van der Waals surface area contributed by atoms with Gasteiger partial charge >= 0.3 is 0 Å². The van der Waals surface area contributed by atoms with Gasteiger partial charge in [0, 0.05) is 25.4 Å². The zero-order valence-corrected chi connectivity index (χ0v) is 14.1. The fourth-order valence-electron chi connectivity index (χ4n) is 2.51. The fraction of sp³-hybridized carbons (Fsp3) is 0.529. The number of halogens is 1. The Morgan fingerprint density at radius 1 is 1.35 bits per heavy atom. The molecule has 0 aromatic carbocycles. The topological polar surface area (TPSA) is 54.5 Å². The lowest BCUT2D eigenvalue weighted by molar-refractivity contribution is -0.118. The lowest BCUT2D eigenvalue weighted by Crippen LogP contribution is -2.29. The number of hydrogen-bond donors (Lipinski definition) is 1. The average Bonchev–Trinajstić information content (AvgIpc) is 2.59. The maximum Gasteiger partial charge on any atom is 0.235 e. The molecule has 2 rings (SSSR count). The molecular formula is C17H24ClN3O2. The Bertz CT molecular complexity index is 516. The second-order valence-corrected chi connectivity index (χ2v) is 5.83. The van der Waals surface area contributed by atoms with Gasteiger partial charge in [0.05, 0.1) is 0 Å². The number of hydrogen-bond acceptors (Lipinski definition) is 4. The molecule has 1 aliphatic heterocycles. The number of likely N-dealkylation sites (tertiary alicyclic amines) is 1. The van der Waals surface area contributed by atoms with E-state index in [4.69, 9.17) is 16.3 Å². The Kier molecular flexibility index (Phi) is 7.90. The standard InChI is InChI=1S/C17H24ClN3O2/c18-13-16(22)19-7-2-5-11-23-17-12-15(6-8-20-17)14-21-9-3-1-4-10-21/h2,5-6,8,12H,1,3-4,7,9-11,13-14H2,(H,19,22). The van der Waals surface area contributed by atoms with Gasteiger partial charge in [-0.3, -0.25) is 9.69 Å². The minimum absolute atomic E-state index is 0.0158. The summed E-state index contributed by atoms with van der Waals surface area (Å²) in [6, 6.07) is 4.04. The number of alkyl halides is 1. The van der Waals surface area contributed by atoms with E-state index < -0.39 is 0 Å². The van der Waals surface area contributed by atoms with Gasteiger partial charge in [-0.05, 0) is 43.6 Å². The van der Waals surface area contributed by atoms with E-state index in [1.807, 2.05) is 24.3 Å². The summed E-state index contributed by atoms with van der Waals surface area (Å²) in [5, 5.41) is 2.65. The SMILES string of the molecule is O=C(CCl)NCC=CCOc1cc(CN2CCCCC2)ccn1. The molecule has 1 aromatic rings. The van der Waals surface area contributed by atoms with Crippen molar-refractivity contribution in [2.45, 2.75) is 25.8 Å². The molecule has 0 bridgehead atoms. The second-order valence-electron chi connectivity index (χ2n) is 5.56. The second kappa shape index (κ2) is 10.2. The molecule has 0 spiro atoms. The highest BCUT2D eigenvalue weighted by atomic mass is 35.5. The van der Waals surface area contributed by atoms with Gasteiger partial charge in [-0.2, -0.15) is 0 Å². The number of amides is 1. The highest BCUT2D eigenvalue weighted by molar-refractivity contribution is 6.27. The van der Waals surface area contributed by atoms with Crippen molar-refractivity contribution in [1.82, 2.24) is 15.2 Å². The van der Waals surface area contributed by atoms with Crippen LogP contribution in [0.25, 0.3) is 0 Å². The Hall–Kier alpha value is -1.59. The predicted molar refractivity (Wildman–Crippen MR) is 91.7 cm³/mol. The Morgan fingerprint density at radius 3 is 2.96 bits per heavy atom. The van der Waals surface area contributed by atoms with E-state index in [1.54, 1.807) is 6.20 Å². The summed E-state index contributed by atoms with van der Waals surface area (Å²) in [5.74, 6) is 0.441. The molecular weight excluding hydrogens is 314 g/mol. The van der Waals surface area contributed by atoms with E-state index in [2.05, 4.69) is 15.2 Å². The fourth-order valence-corrected chi connectivity index (χ4v) is 2.60. The van der Waals surface area contributed by atoms with Crippen LogP contribution in [0, 0.1) is 0 Å². The van der Waals surface area contributed by atoms with E-state index in [1.165, 1.54) is 37.9 Å². The van der Waals surface area contributed by atoms with Gasteiger partial charge in [0.15, 0.2) is 0 Å². The lowest BCUT2D eigenvalue weighted by atomic mass is 10.1. The molecule has 1 aliphatic rings.